The Labute approximate surface area is 125 Å². The summed E-state index contributed by atoms with van der Waals surface area (Å²) in [6, 6.07) is 4.02. The first kappa shape index (κ1) is 15.3. The van der Waals surface area contributed by atoms with Gasteiger partial charge < -0.3 is 4.57 Å². The SMILES string of the molecule is Cc1ccc(NS(=O)(=O)c2ncn(C)c2Cl)cc1[N+](=O)[O-]. The van der Waals surface area contributed by atoms with Crippen LogP contribution in [0, 0.1) is 17.0 Å². The number of imidazole rings is 1. The Hall–Kier alpha value is -2.13. The maximum absolute atomic E-state index is 12.2. The van der Waals surface area contributed by atoms with E-state index < -0.39 is 14.9 Å². The highest BCUT2D eigenvalue weighted by Gasteiger charge is 2.23. The Morgan fingerprint density at radius 2 is 2.10 bits per heavy atom. The molecule has 1 N–H and O–H groups in total. The average Bonchev–Trinajstić information content (AvgIpc) is 2.72. The van der Waals surface area contributed by atoms with E-state index in [2.05, 4.69) is 9.71 Å². The van der Waals surface area contributed by atoms with Crippen LogP contribution >= 0.6 is 11.6 Å². The van der Waals surface area contributed by atoms with E-state index in [1.807, 2.05) is 0 Å². The monoisotopic (exact) mass is 330 g/mol. The van der Waals surface area contributed by atoms with Crippen molar-refractivity contribution in [3.05, 3.63) is 45.4 Å². The molecular formula is C11H11ClN4O4S. The number of nitro benzene ring substituents is 1. The van der Waals surface area contributed by atoms with E-state index >= 15 is 0 Å². The van der Waals surface area contributed by atoms with Gasteiger partial charge in [0.25, 0.3) is 15.7 Å². The van der Waals surface area contributed by atoms with Crippen LogP contribution in [-0.2, 0) is 17.1 Å². The minimum Gasteiger partial charge on any atom is -0.324 e. The first-order chi connectivity index (χ1) is 9.72. The van der Waals surface area contributed by atoms with Gasteiger partial charge in [0.2, 0.25) is 5.03 Å². The molecule has 0 atom stereocenters. The highest BCUT2D eigenvalue weighted by molar-refractivity contribution is 7.92. The molecule has 10 heteroatoms. The molecule has 112 valence electrons. The fraction of sp³-hybridized carbons (Fsp3) is 0.182. The number of sulfonamides is 1. The first-order valence-corrected chi connectivity index (χ1v) is 7.53. The maximum Gasteiger partial charge on any atom is 0.282 e. The van der Waals surface area contributed by atoms with Gasteiger partial charge in [0, 0.05) is 18.7 Å². The highest BCUT2D eigenvalue weighted by atomic mass is 35.5. The largest absolute Gasteiger partial charge is 0.324 e. The highest BCUT2D eigenvalue weighted by Crippen LogP contribution is 2.26. The van der Waals surface area contributed by atoms with Crippen LogP contribution in [-0.4, -0.2) is 22.9 Å². The van der Waals surface area contributed by atoms with E-state index in [0.29, 0.717) is 5.56 Å². The molecule has 1 aromatic carbocycles. The molecule has 0 saturated heterocycles. The number of benzene rings is 1. The van der Waals surface area contributed by atoms with Crippen LogP contribution in [0.2, 0.25) is 5.15 Å². The molecule has 0 saturated carbocycles. The Balaban J connectivity index is 2.40. The minimum atomic E-state index is -4.01. The molecule has 0 unspecified atom stereocenters. The number of nitro groups is 1. The molecule has 0 amide bonds. The number of halogens is 1. The van der Waals surface area contributed by atoms with E-state index in [1.54, 1.807) is 14.0 Å². The van der Waals surface area contributed by atoms with Crippen LogP contribution in [0.25, 0.3) is 0 Å². The Morgan fingerprint density at radius 3 is 2.62 bits per heavy atom. The van der Waals surface area contributed by atoms with Gasteiger partial charge >= 0.3 is 0 Å². The van der Waals surface area contributed by atoms with Crippen molar-refractivity contribution in [3.63, 3.8) is 0 Å². The van der Waals surface area contributed by atoms with E-state index in [4.69, 9.17) is 11.6 Å². The van der Waals surface area contributed by atoms with Crippen molar-refractivity contribution < 1.29 is 13.3 Å². The van der Waals surface area contributed by atoms with Gasteiger partial charge in [-0.05, 0) is 13.0 Å². The van der Waals surface area contributed by atoms with Crippen LogP contribution in [0.3, 0.4) is 0 Å². The minimum absolute atomic E-state index is 0.0517. The van der Waals surface area contributed by atoms with Crippen LogP contribution in [0.5, 0.6) is 0 Å². The molecule has 0 radical (unpaired) electrons. The van der Waals surface area contributed by atoms with Crippen molar-refractivity contribution in [1.29, 1.82) is 0 Å². The summed E-state index contributed by atoms with van der Waals surface area (Å²) in [7, 11) is -2.47. The fourth-order valence-electron chi connectivity index (χ4n) is 1.65. The van der Waals surface area contributed by atoms with E-state index in [9.17, 15) is 18.5 Å². The summed E-state index contributed by atoms with van der Waals surface area (Å²) in [5.74, 6) is 0. The van der Waals surface area contributed by atoms with Crippen molar-refractivity contribution in [2.45, 2.75) is 11.9 Å². The number of nitrogens with zero attached hydrogens (tertiary/aromatic N) is 3. The summed E-state index contributed by atoms with van der Waals surface area (Å²) < 4.78 is 27.9. The molecule has 2 rings (SSSR count). The topological polar surface area (TPSA) is 107 Å². The normalized spacial score (nSPS) is 11.4. The van der Waals surface area contributed by atoms with Crippen molar-refractivity contribution >= 4 is 33.0 Å². The summed E-state index contributed by atoms with van der Waals surface area (Å²) in [5.41, 5.74) is 0.315. The fourth-order valence-corrected chi connectivity index (χ4v) is 3.13. The Morgan fingerprint density at radius 1 is 1.43 bits per heavy atom. The van der Waals surface area contributed by atoms with Crippen LogP contribution in [0.15, 0.2) is 29.6 Å². The summed E-state index contributed by atoms with van der Waals surface area (Å²) in [6.07, 6.45) is 1.26. The molecule has 0 spiro atoms. The quantitative estimate of drug-likeness (QED) is 0.682. The zero-order valence-electron chi connectivity index (χ0n) is 11.1. The van der Waals surface area contributed by atoms with Gasteiger partial charge in [-0.2, -0.15) is 8.42 Å². The molecule has 0 bridgehead atoms. The molecule has 2 aromatic rings. The standard InChI is InChI=1S/C11H11ClN4O4S/c1-7-3-4-8(5-9(7)16(17)18)14-21(19,20)11-10(12)15(2)6-13-11/h3-6,14H,1-2H3. The molecule has 1 aromatic heterocycles. The summed E-state index contributed by atoms with van der Waals surface area (Å²) in [5, 5.41) is 10.5. The smallest absolute Gasteiger partial charge is 0.282 e. The van der Waals surface area contributed by atoms with Gasteiger partial charge in [0.1, 0.15) is 5.15 Å². The third-order valence-corrected chi connectivity index (χ3v) is 4.62. The number of anilines is 1. The predicted octanol–water partition coefficient (Wildman–Crippen LogP) is 2.09. The second kappa shape index (κ2) is 5.34. The van der Waals surface area contributed by atoms with Gasteiger partial charge in [-0.15, -0.1) is 0 Å². The molecular weight excluding hydrogens is 320 g/mol. The van der Waals surface area contributed by atoms with Crippen molar-refractivity contribution in [2.75, 3.05) is 4.72 Å². The molecule has 1 heterocycles. The lowest BCUT2D eigenvalue weighted by Crippen LogP contribution is -2.14. The Kier molecular flexibility index (Phi) is 3.88. The van der Waals surface area contributed by atoms with Crippen molar-refractivity contribution in [1.82, 2.24) is 9.55 Å². The number of hydrogen-bond acceptors (Lipinski definition) is 5. The molecule has 0 aliphatic heterocycles. The van der Waals surface area contributed by atoms with E-state index in [1.165, 1.54) is 23.0 Å². The van der Waals surface area contributed by atoms with Gasteiger partial charge in [-0.1, -0.05) is 17.7 Å². The molecule has 8 nitrogen and oxygen atoms in total. The lowest BCUT2D eigenvalue weighted by Gasteiger charge is -2.07. The summed E-state index contributed by atoms with van der Waals surface area (Å²) in [6.45, 7) is 1.56. The Bertz CT molecular complexity index is 816. The lowest BCUT2D eigenvalue weighted by atomic mass is 10.2. The van der Waals surface area contributed by atoms with E-state index in [-0.39, 0.29) is 21.6 Å². The van der Waals surface area contributed by atoms with Crippen LogP contribution in [0.1, 0.15) is 5.56 Å². The van der Waals surface area contributed by atoms with Gasteiger partial charge in [0.15, 0.2) is 0 Å². The first-order valence-electron chi connectivity index (χ1n) is 5.67. The van der Waals surface area contributed by atoms with Crippen molar-refractivity contribution in [3.8, 4) is 0 Å². The van der Waals surface area contributed by atoms with Gasteiger partial charge in [-0.3, -0.25) is 14.8 Å². The number of hydrogen-bond donors (Lipinski definition) is 1. The summed E-state index contributed by atoms with van der Waals surface area (Å²) >= 11 is 5.84. The molecule has 0 aliphatic carbocycles. The van der Waals surface area contributed by atoms with Crippen LogP contribution < -0.4 is 4.72 Å². The lowest BCUT2D eigenvalue weighted by molar-refractivity contribution is -0.385. The van der Waals surface area contributed by atoms with Crippen LogP contribution in [0.4, 0.5) is 11.4 Å². The summed E-state index contributed by atoms with van der Waals surface area (Å²) in [4.78, 5) is 14.0. The zero-order valence-corrected chi connectivity index (χ0v) is 12.6. The number of aromatic nitrogens is 2. The molecule has 0 fully saturated rings. The number of nitrogens with one attached hydrogen (secondary N) is 1. The molecule has 0 aliphatic rings. The maximum atomic E-state index is 12.2. The second-order valence-electron chi connectivity index (χ2n) is 4.32. The number of aryl methyl sites for hydroxylation is 2. The second-order valence-corrected chi connectivity index (χ2v) is 6.27. The third kappa shape index (κ3) is 2.98. The number of rotatable bonds is 4. The van der Waals surface area contributed by atoms with Gasteiger partial charge in [-0.25, -0.2) is 4.98 Å². The van der Waals surface area contributed by atoms with Gasteiger partial charge in [0.05, 0.1) is 16.9 Å². The van der Waals surface area contributed by atoms with Crippen molar-refractivity contribution in [2.24, 2.45) is 7.05 Å². The molecule has 21 heavy (non-hydrogen) atoms. The average molecular weight is 331 g/mol. The predicted molar refractivity (Wildman–Crippen MR) is 76.9 cm³/mol. The van der Waals surface area contributed by atoms with E-state index in [0.717, 1.165) is 6.07 Å². The third-order valence-electron chi connectivity index (χ3n) is 2.75. The zero-order chi connectivity index (χ0) is 15.8.